The highest BCUT2D eigenvalue weighted by Crippen LogP contribution is 2.36. The third kappa shape index (κ3) is 3.19. The Morgan fingerprint density at radius 1 is 1.28 bits per heavy atom. The van der Waals surface area contributed by atoms with Crippen LogP contribution in [-0.2, 0) is 12.0 Å². The third-order valence-corrected chi connectivity index (χ3v) is 5.24. The van der Waals surface area contributed by atoms with Crippen LogP contribution < -0.4 is 5.32 Å². The molecule has 0 aliphatic heterocycles. The minimum absolute atomic E-state index is 0.229. The molecule has 2 aromatic heterocycles. The van der Waals surface area contributed by atoms with Gasteiger partial charge in [0.1, 0.15) is 5.01 Å². The first-order chi connectivity index (χ1) is 8.50. The van der Waals surface area contributed by atoms with Crippen molar-refractivity contribution in [3.8, 4) is 9.88 Å². The van der Waals surface area contributed by atoms with E-state index in [1.165, 1.54) is 9.75 Å². The van der Waals surface area contributed by atoms with Gasteiger partial charge in [-0.2, -0.15) is 0 Å². The zero-order chi connectivity index (χ0) is 13.2. The molecule has 0 aromatic carbocycles. The topological polar surface area (TPSA) is 24.9 Å². The van der Waals surface area contributed by atoms with E-state index in [0.29, 0.717) is 0 Å². The van der Waals surface area contributed by atoms with Crippen LogP contribution in [0, 0.1) is 0 Å². The highest BCUT2D eigenvalue weighted by Gasteiger charge is 2.17. The number of hydrogen-bond acceptors (Lipinski definition) is 4. The molecular formula is C14H20N2S2. The molecule has 4 heteroatoms. The molecule has 0 aliphatic carbocycles. The number of nitrogens with zero attached hydrogens (tertiary/aromatic N) is 1. The summed E-state index contributed by atoms with van der Waals surface area (Å²) in [6.07, 6.45) is 0. The van der Waals surface area contributed by atoms with Gasteiger partial charge in [-0.15, -0.1) is 22.7 Å². The Kier molecular flexibility index (Phi) is 4.20. The van der Waals surface area contributed by atoms with Crippen molar-refractivity contribution in [2.75, 3.05) is 6.54 Å². The number of thiazole rings is 1. The maximum atomic E-state index is 4.68. The Morgan fingerprint density at radius 2 is 2.06 bits per heavy atom. The average molecular weight is 280 g/mol. The summed E-state index contributed by atoms with van der Waals surface area (Å²) in [5.74, 6) is 0. The number of nitrogens with one attached hydrogen (secondary N) is 1. The highest BCUT2D eigenvalue weighted by molar-refractivity contribution is 7.21. The average Bonchev–Trinajstić information content (AvgIpc) is 2.93. The lowest BCUT2D eigenvalue weighted by atomic mass is 9.95. The Balaban J connectivity index is 2.16. The van der Waals surface area contributed by atoms with E-state index in [9.17, 15) is 0 Å². The Hall–Kier alpha value is -0.710. The molecule has 98 valence electrons. The van der Waals surface area contributed by atoms with Gasteiger partial charge in [0.2, 0.25) is 0 Å². The van der Waals surface area contributed by atoms with Crippen molar-refractivity contribution >= 4 is 22.7 Å². The number of thiophene rings is 1. The van der Waals surface area contributed by atoms with Crippen molar-refractivity contribution < 1.29 is 0 Å². The van der Waals surface area contributed by atoms with Crippen molar-refractivity contribution in [2.45, 2.75) is 39.7 Å². The lowest BCUT2D eigenvalue weighted by Crippen LogP contribution is -2.11. The molecule has 1 N–H and O–H groups in total. The van der Waals surface area contributed by atoms with E-state index in [-0.39, 0.29) is 5.41 Å². The van der Waals surface area contributed by atoms with Crippen LogP contribution in [0.25, 0.3) is 9.88 Å². The molecule has 0 radical (unpaired) electrons. The van der Waals surface area contributed by atoms with E-state index in [1.54, 1.807) is 11.3 Å². The van der Waals surface area contributed by atoms with Crippen LogP contribution >= 0.6 is 22.7 Å². The second-order valence-corrected chi connectivity index (χ2v) is 7.28. The molecule has 2 aromatic rings. The van der Waals surface area contributed by atoms with Crippen LogP contribution in [0.1, 0.15) is 38.3 Å². The van der Waals surface area contributed by atoms with Crippen molar-refractivity contribution in [3.05, 3.63) is 28.1 Å². The van der Waals surface area contributed by atoms with Crippen molar-refractivity contribution in [2.24, 2.45) is 0 Å². The van der Waals surface area contributed by atoms with E-state index in [2.05, 4.69) is 55.5 Å². The first kappa shape index (κ1) is 13.7. The van der Waals surface area contributed by atoms with Gasteiger partial charge in [0.15, 0.2) is 0 Å². The molecule has 0 atom stereocenters. The van der Waals surface area contributed by atoms with Gasteiger partial charge in [-0.1, -0.05) is 27.7 Å². The van der Waals surface area contributed by atoms with Crippen molar-refractivity contribution in [3.63, 3.8) is 0 Å². The van der Waals surface area contributed by atoms with Gasteiger partial charge in [0.05, 0.1) is 10.6 Å². The zero-order valence-electron chi connectivity index (χ0n) is 11.4. The van der Waals surface area contributed by atoms with E-state index >= 15 is 0 Å². The normalized spacial score (nSPS) is 12.0. The van der Waals surface area contributed by atoms with Crippen LogP contribution in [0.4, 0.5) is 0 Å². The molecule has 0 amide bonds. The number of aromatic nitrogens is 1. The Labute approximate surface area is 117 Å². The minimum Gasteiger partial charge on any atom is -0.311 e. The molecule has 0 bridgehead atoms. The van der Waals surface area contributed by atoms with Gasteiger partial charge in [0, 0.05) is 16.8 Å². The molecule has 0 saturated carbocycles. The molecule has 0 fully saturated rings. The fourth-order valence-corrected chi connectivity index (χ4v) is 3.57. The summed E-state index contributed by atoms with van der Waals surface area (Å²) in [6.45, 7) is 10.7. The van der Waals surface area contributed by atoms with E-state index in [0.717, 1.165) is 23.8 Å². The van der Waals surface area contributed by atoms with Crippen LogP contribution in [0.5, 0.6) is 0 Å². The number of hydrogen-bond donors (Lipinski definition) is 1. The van der Waals surface area contributed by atoms with Crippen LogP contribution in [0.2, 0.25) is 0 Å². The summed E-state index contributed by atoms with van der Waals surface area (Å²) in [5.41, 5.74) is 1.37. The van der Waals surface area contributed by atoms with Gasteiger partial charge in [-0.05, 0) is 24.1 Å². The molecule has 2 rings (SSSR count). The van der Waals surface area contributed by atoms with E-state index in [1.807, 2.05) is 11.3 Å². The fourth-order valence-electron chi connectivity index (χ4n) is 1.61. The quantitative estimate of drug-likeness (QED) is 0.904. The molecule has 0 spiro atoms. The van der Waals surface area contributed by atoms with E-state index in [4.69, 9.17) is 0 Å². The van der Waals surface area contributed by atoms with E-state index < -0.39 is 0 Å². The lowest BCUT2D eigenvalue weighted by Gasteiger charge is -2.15. The van der Waals surface area contributed by atoms with Gasteiger partial charge in [-0.25, -0.2) is 4.98 Å². The molecule has 0 unspecified atom stereocenters. The largest absolute Gasteiger partial charge is 0.311 e. The summed E-state index contributed by atoms with van der Waals surface area (Å²) in [6, 6.07) is 4.42. The fraction of sp³-hybridized carbons (Fsp3) is 0.500. The van der Waals surface area contributed by atoms with Crippen LogP contribution in [-0.4, -0.2) is 11.5 Å². The molecule has 0 saturated heterocycles. The lowest BCUT2D eigenvalue weighted by molar-refractivity contribution is 0.604. The molecular weight excluding hydrogens is 260 g/mol. The third-order valence-electron chi connectivity index (χ3n) is 2.66. The summed E-state index contributed by atoms with van der Waals surface area (Å²) in [7, 11) is 0. The monoisotopic (exact) mass is 280 g/mol. The maximum Gasteiger partial charge on any atom is 0.133 e. The number of rotatable bonds is 4. The summed E-state index contributed by atoms with van der Waals surface area (Å²) < 4.78 is 0. The molecule has 2 heterocycles. The SMILES string of the molecule is CCNCc1csc(-c2ccc(C(C)(C)C)s2)n1. The van der Waals surface area contributed by atoms with Gasteiger partial charge in [0.25, 0.3) is 0 Å². The molecule has 18 heavy (non-hydrogen) atoms. The zero-order valence-corrected chi connectivity index (χ0v) is 13.0. The van der Waals surface area contributed by atoms with Crippen molar-refractivity contribution in [1.29, 1.82) is 0 Å². The predicted octanol–water partition coefficient (Wildman–Crippen LogP) is 4.28. The van der Waals surface area contributed by atoms with Crippen molar-refractivity contribution in [1.82, 2.24) is 10.3 Å². The van der Waals surface area contributed by atoms with Crippen LogP contribution in [0.3, 0.4) is 0 Å². The maximum absolute atomic E-state index is 4.68. The smallest absolute Gasteiger partial charge is 0.133 e. The second kappa shape index (κ2) is 5.51. The molecule has 2 nitrogen and oxygen atoms in total. The first-order valence-electron chi connectivity index (χ1n) is 6.26. The standard InChI is InChI=1S/C14H20N2S2/c1-5-15-8-10-9-17-13(16-10)11-6-7-12(18-11)14(2,3)4/h6-7,9,15H,5,8H2,1-4H3. The summed E-state index contributed by atoms with van der Waals surface area (Å²) in [5, 5.41) is 6.60. The Bertz CT molecular complexity index is 506. The Morgan fingerprint density at radius 3 is 2.67 bits per heavy atom. The van der Waals surface area contributed by atoms with Gasteiger partial charge < -0.3 is 5.32 Å². The summed E-state index contributed by atoms with van der Waals surface area (Å²) >= 11 is 3.59. The first-order valence-corrected chi connectivity index (χ1v) is 7.96. The highest BCUT2D eigenvalue weighted by atomic mass is 32.1. The minimum atomic E-state index is 0.229. The molecule has 0 aliphatic rings. The summed E-state index contributed by atoms with van der Waals surface area (Å²) in [4.78, 5) is 7.38. The van der Waals surface area contributed by atoms with Gasteiger partial charge in [-0.3, -0.25) is 0 Å². The predicted molar refractivity (Wildman–Crippen MR) is 81.5 cm³/mol. The van der Waals surface area contributed by atoms with Gasteiger partial charge >= 0.3 is 0 Å². The van der Waals surface area contributed by atoms with Crippen LogP contribution in [0.15, 0.2) is 17.5 Å². The second-order valence-electron chi connectivity index (χ2n) is 5.34.